The van der Waals surface area contributed by atoms with Gasteiger partial charge in [-0.25, -0.2) is 0 Å². The highest BCUT2D eigenvalue weighted by Gasteiger charge is 2.06. The first-order valence-electron chi connectivity index (χ1n) is 5.79. The molecule has 0 radical (unpaired) electrons. The van der Waals surface area contributed by atoms with Crippen LogP contribution in [0.3, 0.4) is 0 Å². The molecule has 0 saturated heterocycles. The van der Waals surface area contributed by atoms with Gasteiger partial charge < -0.3 is 10.6 Å². The van der Waals surface area contributed by atoms with Gasteiger partial charge in [0, 0.05) is 18.8 Å². The molecule has 0 atom stereocenters. The van der Waals surface area contributed by atoms with Crippen molar-refractivity contribution in [3.63, 3.8) is 0 Å². The topological polar surface area (TPSA) is 68.2 Å². The number of benzene rings is 1. The molecule has 0 aliphatic carbocycles. The molecule has 1 rings (SSSR count). The Labute approximate surface area is 107 Å². The molecule has 1 amide bonds. The third-order valence-electron chi connectivity index (χ3n) is 2.43. The van der Waals surface area contributed by atoms with Gasteiger partial charge in [0.1, 0.15) is 0 Å². The van der Waals surface area contributed by atoms with Crippen LogP contribution in [0, 0.1) is 11.3 Å². The van der Waals surface area contributed by atoms with E-state index in [0.717, 1.165) is 13.1 Å². The van der Waals surface area contributed by atoms with Gasteiger partial charge in [-0.05, 0) is 32.3 Å². The summed E-state index contributed by atoms with van der Waals surface area (Å²) in [7, 11) is 3.77. The van der Waals surface area contributed by atoms with Crippen molar-refractivity contribution in [3.8, 4) is 6.07 Å². The Morgan fingerprint density at radius 2 is 2.28 bits per heavy atom. The number of anilines is 1. The minimum atomic E-state index is -0.0799. The molecule has 0 aromatic heterocycles. The average molecular weight is 246 g/mol. The second-order valence-electron chi connectivity index (χ2n) is 4.08. The maximum Gasteiger partial charge on any atom is 0.238 e. The molecule has 5 heteroatoms. The molecule has 18 heavy (non-hydrogen) atoms. The standard InChI is InChI=1S/C13H18N4O/c1-15-6-7-17(2)10-13(18)16-12-5-3-4-11(8-12)9-14/h3-5,8,15H,6-7,10H2,1-2H3,(H,16,18). The fraction of sp³-hybridized carbons (Fsp3) is 0.385. The van der Waals surface area contributed by atoms with Crippen LogP contribution in [0.2, 0.25) is 0 Å². The van der Waals surface area contributed by atoms with E-state index in [1.165, 1.54) is 0 Å². The predicted octanol–water partition coefficient (Wildman–Crippen LogP) is 0.648. The molecule has 96 valence electrons. The molecule has 0 heterocycles. The summed E-state index contributed by atoms with van der Waals surface area (Å²) in [5.74, 6) is -0.0799. The molecule has 5 nitrogen and oxygen atoms in total. The summed E-state index contributed by atoms with van der Waals surface area (Å²) in [5, 5.41) is 14.6. The third-order valence-corrected chi connectivity index (χ3v) is 2.43. The van der Waals surface area contributed by atoms with E-state index in [1.807, 2.05) is 25.1 Å². The lowest BCUT2D eigenvalue weighted by Crippen LogP contribution is -2.34. The number of nitriles is 1. The number of carbonyl (C=O) groups is 1. The monoisotopic (exact) mass is 246 g/mol. The predicted molar refractivity (Wildman–Crippen MR) is 71.2 cm³/mol. The van der Waals surface area contributed by atoms with E-state index in [-0.39, 0.29) is 5.91 Å². The van der Waals surface area contributed by atoms with E-state index in [9.17, 15) is 4.79 Å². The second-order valence-corrected chi connectivity index (χ2v) is 4.08. The summed E-state index contributed by atoms with van der Waals surface area (Å²) in [4.78, 5) is 13.7. The minimum Gasteiger partial charge on any atom is -0.325 e. The molecule has 0 aliphatic rings. The number of likely N-dealkylation sites (N-methyl/N-ethyl adjacent to an activating group) is 2. The van der Waals surface area contributed by atoms with Crippen molar-refractivity contribution in [3.05, 3.63) is 29.8 Å². The number of nitrogens with zero attached hydrogens (tertiary/aromatic N) is 2. The van der Waals surface area contributed by atoms with Gasteiger partial charge in [0.25, 0.3) is 0 Å². The average Bonchev–Trinajstić information content (AvgIpc) is 2.36. The van der Waals surface area contributed by atoms with Crippen LogP contribution >= 0.6 is 0 Å². The number of carbonyl (C=O) groups excluding carboxylic acids is 1. The van der Waals surface area contributed by atoms with Crippen LogP contribution in [-0.4, -0.2) is 44.5 Å². The van der Waals surface area contributed by atoms with Gasteiger partial charge in [0.2, 0.25) is 5.91 Å². The lowest BCUT2D eigenvalue weighted by atomic mass is 10.2. The Kier molecular flexibility index (Phi) is 5.85. The Hall–Kier alpha value is -1.90. The Balaban J connectivity index is 2.46. The summed E-state index contributed by atoms with van der Waals surface area (Å²) >= 11 is 0. The van der Waals surface area contributed by atoms with Gasteiger partial charge in [-0.2, -0.15) is 5.26 Å². The van der Waals surface area contributed by atoms with Crippen LogP contribution in [0.15, 0.2) is 24.3 Å². The van der Waals surface area contributed by atoms with Gasteiger partial charge in [0.05, 0.1) is 18.2 Å². The molecule has 2 N–H and O–H groups in total. The summed E-state index contributed by atoms with van der Waals surface area (Å²) in [5.41, 5.74) is 1.19. The number of rotatable bonds is 6. The summed E-state index contributed by atoms with van der Waals surface area (Å²) in [6, 6.07) is 8.92. The van der Waals surface area contributed by atoms with E-state index >= 15 is 0 Å². The zero-order valence-electron chi connectivity index (χ0n) is 10.7. The number of amides is 1. The van der Waals surface area contributed by atoms with E-state index in [0.29, 0.717) is 17.8 Å². The van der Waals surface area contributed by atoms with Crippen molar-refractivity contribution in [2.45, 2.75) is 0 Å². The van der Waals surface area contributed by atoms with Gasteiger partial charge in [0.15, 0.2) is 0 Å². The molecular weight excluding hydrogens is 228 g/mol. The maximum atomic E-state index is 11.7. The van der Waals surface area contributed by atoms with Crippen LogP contribution in [0.1, 0.15) is 5.56 Å². The van der Waals surface area contributed by atoms with Gasteiger partial charge in [-0.1, -0.05) is 6.07 Å². The lowest BCUT2D eigenvalue weighted by Gasteiger charge is -2.15. The lowest BCUT2D eigenvalue weighted by molar-refractivity contribution is -0.117. The first-order valence-corrected chi connectivity index (χ1v) is 5.79. The first kappa shape index (κ1) is 14.2. The highest BCUT2D eigenvalue weighted by atomic mass is 16.2. The SMILES string of the molecule is CNCCN(C)CC(=O)Nc1cccc(C#N)c1. The number of hydrogen-bond acceptors (Lipinski definition) is 4. The zero-order chi connectivity index (χ0) is 13.4. The van der Waals surface area contributed by atoms with Gasteiger partial charge in [-0.15, -0.1) is 0 Å². The van der Waals surface area contributed by atoms with Crippen molar-refractivity contribution < 1.29 is 4.79 Å². The second kappa shape index (κ2) is 7.43. The largest absolute Gasteiger partial charge is 0.325 e. The van der Waals surface area contributed by atoms with E-state index in [4.69, 9.17) is 5.26 Å². The first-order chi connectivity index (χ1) is 8.65. The maximum absolute atomic E-state index is 11.7. The van der Waals surface area contributed by atoms with Crippen LogP contribution in [0.5, 0.6) is 0 Å². The van der Waals surface area contributed by atoms with E-state index < -0.39 is 0 Å². The molecule has 0 aliphatic heterocycles. The summed E-state index contributed by atoms with van der Waals surface area (Å²) in [6.07, 6.45) is 0. The van der Waals surface area contributed by atoms with Crippen molar-refractivity contribution in [2.75, 3.05) is 39.0 Å². The quantitative estimate of drug-likeness (QED) is 0.773. The fourth-order valence-electron chi connectivity index (χ4n) is 1.49. The molecule has 0 bridgehead atoms. The Morgan fingerprint density at radius 1 is 1.50 bits per heavy atom. The van der Waals surface area contributed by atoms with Gasteiger partial charge in [-0.3, -0.25) is 9.69 Å². The molecule has 1 aromatic rings. The normalized spacial score (nSPS) is 10.1. The molecule has 0 spiro atoms. The minimum absolute atomic E-state index is 0.0799. The van der Waals surface area contributed by atoms with Crippen molar-refractivity contribution in [2.24, 2.45) is 0 Å². The third kappa shape index (κ3) is 4.95. The summed E-state index contributed by atoms with van der Waals surface area (Å²) in [6.45, 7) is 1.98. The molecule has 0 saturated carbocycles. The van der Waals surface area contributed by atoms with E-state index in [1.54, 1.807) is 24.3 Å². The number of hydrogen-bond donors (Lipinski definition) is 2. The van der Waals surface area contributed by atoms with Crippen molar-refractivity contribution in [1.82, 2.24) is 10.2 Å². The highest BCUT2D eigenvalue weighted by Crippen LogP contribution is 2.09. The zero-order valence-corrected chi connectivity index (χ0v) is 10.7. The summed E-state index contributed by atoms with van der Waals surface area (Å²) < 4.78 is 0. The highest BCUT2D eigenvalue weighted by molar-refractivity contribution is 5.92. The smallest absolute Gasteiger partial charge is 0.238 e. The molecular formula is C13H18N4O. The van der Waals surface area contributed by atoms with Crippen LogP contribution in [0.4, 0.5) is 5.69 Å². The van der Waals surface area contributed by atoms with E-state index in [2.05, 4.69) is 10.6 Å². The molecule has 0 unspecified atom stereocenters. The van der Waals surface area contributed by atoms with Crippen LogP contribution < -0.4 is 10.6 Å². The Bertz CT molecular complexity index is 439. The molecule has 1 aromatic carbocycles. The van der Waals surface area contributed by atoms with Crippen LogP contribution in [-0.2, 0) is 4.79 Å². The van der Waals surface area contributed by atoms with Crippen LogP contribution in [0.25, 0.3) is 0 Å². The van der Waals surface area contributed by atoms with Crippen molar-refractivity contribution in [1.29, 1.82) is 5.26 Å². The number of nitrogens with one attached hydrogen (secondary N) is 2. The molecule has 0 fully saturated rings. The fourth-order valence-corrected chi connectivity index (χ4v) is 1.49. The Morgan fingerprint density at radius 3 is 2.94 bits per heavy atom. The van der Waals surface area contributed by atoms with Crippen molar-refractivity contribution >= 4 is 11.6 Å². The van der Waals surface area contributed by atoms with Gasteiger partial charge >= 0.3 is 0 Å².